The minimum Gasteiger partial charge on any atom is -0.379 e. The van der Waals surface area contributed by atoms with Crippen molar-refractivity contribution in [1.29, 1.82) is 0 Å². The van der Waals surface area contributed by atoms with Crippen molar-refractivity contribution in [3.63, 3.8) is 0 Å². The van der Waals surface area contributed by atoms with Crippen molar-refractivity contribution in [2.24, 2.45) is 17.3 Å². The number of hydrogen-bond acceptors (Lipinski definition) is 11. The summed E-state index contributed by atoms with van der Waals surface area (Å²) in [5, 5.41) is 13.0. The molecule has 7 rings (SSSR count). The number of carbonyl (C=O) groups excluding carboxylic acids is 5. The molecule has 4 heterocycles. The van der Waals surface area contributed by atoms with Crippen LogP contribution in [0.3, 0.4) is 0 Å². The fraction of sp³-hybridized carbons (Fsp3) is 0.804. The predicted molar refractivity (Wildman–Crippen MR) is 253 cm³/mol. The number of carbonyl (C=O) groups is 5. The summed E-state index contributed by atoms with van der Waals surface area (Å²) in [5.74, 6) is -0.534. The van der Waals surface area contributed by atoms with E-state index in [2.05, 4.69) is 26.3 Å². The van der Waals surface area contributed by atoms with E-state index in [0.717, 1.165) is 70.1 Å². The zero-order chi connectivity index (χ0) is 49.8. The van der Waals surface area contributed by atoms with Gasteiger partial charge in [-0.1, -0.05) is 6.42 Å². The monoisotopic (exact) mass is 990 g/mol. The number of hydrogen-bond donors (Lipinski definition) is 4. The van der Waals surface area contributed by atoms with Gasteiger partial charge in [-0.05, 0) is 115 Å². The minimum absolute atomic E-state index is 0.00258. The molecule has 1 aromatic heterocycles. The van der Waals surface area contributed by atoms with Crippen molar-refractivity contribution < 1.29 is 56.1 Å². The molecule has 0 bridgehead atoms. The third-order valence-corrected chi connectivity index (χ3v) is 16.2. The summed E-state index contributed by atoms with van der Waals surface area (Å²) in [4.78, 5) is 72.5. The Labute approximate surface area is 411 Å². The number of nitrogens with one attached hydrogen (secondary N) is 4. The molecule has 3 aliphatic heterocycles. The van der Waals surface area contributed by atoms with Crippen LogP contribution >= 0.6 is 0 Å². The minimum atomic E-state index is -4.52. The quantitative estimate of drug-likeness (QED) is 0.122. The van der Waals surface area contributed by atoms with Gasteiger partial charge in [-0.2, -0.15) is 13.2 Å². The second-order valence-corrected chi connectivity index (χ2v) is 20.9. The average molecular weight is 990 g/mol. The lowest BCUT2D eigenvalue weighted by atomic mass is 9.78. The number of alkyl halides is 3. The van der Waals surface area contributed by atoms with Gasteiger partial charge in [-0.3, -0.25) is 29.0 Å². The molecule has 5 amide bonds. The van der Waals surface area contributed by atoms with E-state index in [1.54, 1.807) is 24.0 Å². The van der Waals surface area contributed by atoms with E-state index in [9.17, 15) is 37.1 Å². The number of rotatable bonds is 21. The molecular formula is C51H78F3N7O9. The summed E-state index contributed by atoms with van der Waals surface area (Å²) in [5.41, 5.74) is -0.425. The molecule has 2 saturated heterocycles. The van der Waals surface area contributed by atoms with Crippen molar-refractivity contribution in [2.75, 3.05) is 60.2 Å². The normalized spacial score (nSPS) is 30.5. The summed E-state index contributed by atoms with van der Waals surface area (Å²) in [6.07, 6.45) is 9.56. The lowest BCUT2D eigenvalue weighted by molar-refractivity contribution is -0.144. The van der Waals surface area contributed by atoms with Gasteiger partial charge < -0.3 is 50.0 Å². The first-order valence-corrected chi connectivity index (χ1v) is 26.2. The maximum absolute atomic E-state index is 14.6. The Hall–Kier alpha value is -3.91. The zero-order valence-corrected chi connectivity index (χ0v) is 41.6. The summed E-state index contributed by atoms with van der Waals surface area (Å²) in [7, 11) is 3.41. The Balaban J connectivity index is 0.759. The van der Waals surface area contributed by atoms with Crippen LogP contribution in [0.5, 0.6) is 0 Å². The van der Waals surface area contributed by atoms with E-state index in [-0.39, 0.29) is 96.8 Å². The molecular weight excluding hydrogens is 912 g/mol. The van der Waals surface area contributed by atoms with E-state index in [1.807, 2.05) is 6.92 Å². The molecule has 392 valence electrons. The number of aromatic nitrogens is 1. The van der Waals surface area contributed by atoms with Gasteiger partial charge >= 0.3 is 6.18 Å². The van der Waals surface area contributed by atoms with E-state index in [1.165, 1.54) is 0 Å². The maximum Gasteiger partial charge on any atom is 0.417 e. The lowest BCUT2D eigenvalue weighted by Gasteiger charge is -2.38. The van der Waals surface area contributed by atoms with Crippen molar-refractivity contribution in [3.8, 4) is 0 Å². The van der Waals surface area contributed by atoms with Gasteiger partial charge in [-0.25, -0.2) is 0 Å². The lowest BCUT2D eigenvalue weighted by Crippen LogP contribution is -2.51. The molecule has 19 heteroatoms. The first-order chi connectivity index (χ1) is 33.6. The van der Waals surface area contributed by atoms with Gasteiger partial charge in [-0.15, -0.1) is 0 Å². The van der Waals surface area contributed by atoms with Gasteiger partial charge in [0.2, 0.25) is 29.5 Å². The Kier molecular flexibility index (Phi) is 19.4. The Morgan fingerprint density at radius 2 is 1.63 bits per heavy atom. The van der Waals surface area contributed by atoms with Crippen LogP contribution in [0.4, 0.5) is 13.2 Å². The molecule has 3 aliphatic carbocycles. The van der Waals surface area contributed by atoms with E-state index in [4.69, 9.17) is 18.9 Å². The van der Waals surface area contributed by atoms with Gasteiger partial charge in [0.1, 0.15) is 0 Å². The number of ether oxygens (including phenoxy) is 4. The Morgan fingerprint density at radius 3 is 2.33 bits per heavy atom. The first-order valence-electron chi connectivity index (χ1n) is 26.2. The van der Waals surface area contributed by atoms with Crippen LogP contribution in [0, 0.1) is 17.3 Å². The number of amides is 5. The van der Waals surface area contributed by atoms with Crippen molar-refractivity contribution in [2.45, 2.75) is 184 Å². The fourth-order valence-electron chi connectivity index (χ4n) is 11.8. The highest BCUT2D eigenvalue weighted by Crippen LogP contribution is 2.45. The Bertz CT molecular complexity index is 1930. The molecule has 0 unspecified atom stereocenters. The van der Waals surface area contributed by atoms with E-state index < -0.39 is 17.2 Å². The van der Waals surface area contributed by atoms with Crippen LogP contribution in [0.15, 0.2) is 12.3 Å². The van der Waals surface area contributed by atoms with Crippen molar-refractivity contribution >= 4 is 29.5 Å². The van der Waals surface area contributed by atoms with Crippen LogP contribution in [0.25, 0.3) is 0 Å². The number of pyridine rings is 1. The van der Waals surface area contributed by atoms with Gasteiger partial charge in [0, 0.05) is 115 Å². The summed E-state index contributed by atoms with van der Waals surface area (Å²) >= 11 is 0. The summed E-state index contributed by atoms with van der Waals surface area (Å²) < 4.78 is 64.2. The smallest absolute Gasteiger partial charge is 0.379 e. The molecule has 3 saturated carbocycles. The average Bonchev–Trinajstić information content (AvgIpc) is 3.89. The largest absolute Gasteiger partial charge is 0.417 e. The number of halogens is 3. The van der Waals surface area contributed by atoms with Crippen LogP contribution in [-0.2, 0) is 62.1 Å². The van der Waals surface area contributed by atoms with E-state index >= 15 is 0 Å². The van der Waals surface area contributed by atoms with Crippen LogP contribution in [0.2, 0.25) is 0 Å². The van der Waals surface area contributed by atoms with Gasteiger partial charge in [0.05, 0.1) is 48.4 Å². The standard InChI is InChI=1S/C51H78F3N7O9/c1-33-41(28-46(63)60(33)2)48(65)56-22-26-70-40-14-12-39(13-15-40)69-24-6-7-45(62)59-37-10-8-34(9-11-37)47(64)55-21-5-4-19-50(20-16-38(29-50)58-43-18-25-68-32-44(43)67-3)49(66)61-23-17-42-35(31-61)27-36(30-57-42)51(52,53)54/h27,30,33-34,37-41,43-44,58H,4-26,28-29,31-32H2,1-3H3,(H,55,64)(H,56,65)(H,59,62)/t33-,34?,37?,38-,39?,40?,41+,43+,44-,50+/m1/s1. The highest BCUT2D eigenvalue weighted by molar-refractivity contribution is 5.90. The summed E-state index contributed by atoms with van der Waals surface area (Å²) in [6, 6.07) is 1.26. The summed E-state index contributed by atoms with van der Waals surface area (Å²) in [6.45, 7) is 5.40. The van der Waals surface area contributed by atoms with Crippen LogP contribution in [-0.4, -0.2) is 147 Å². The molecule has 6 atom stereocenters. The maximum atomic E-state index is 14.6. The van der Waals surface area contributed by atoms with Crippen LogP contribution < -0.4 is 21.3 Å². The fourth-order valence-corrected chi connectivity index (χ4v) is 11.8. The SMILES string of the molecule is CO[C@@H]1COCC[C@@H]1N[C@@H]1CC[C@](CCCCNC(=O)C2CCC(NC(=O)CCCOC3CCC(OCCNC(=O)[C@H]4CC(=O)N(C)[C@@H]4C)CC3)CC2)(C(=O)N2CCc3ncc(C(F)(F)F)cc3C2)C1. The molecule has 70 heavy (non-hydrogen) atoms. The van der Waals surface area contributed by atoms with E-state index in [0.29, 0.717) is 115 Å². The Morgan fingerprint density at radius 1 is 0.900 bits per heavy atom. The highest BCUT2D eigenvalue weighted by atomic mass is 19.4. The first kappa shape index (κ1) is 53.9. The molecule has 0 aromatic carbocycles. The van der Waals surface area contributed by atoms with Gasteiger partial charge in [0.25, 0.3) is 0 Å². The second-order valence-electron chi connectivity index (χ2n) is 20.9. The zero-order valence-electron chi connectivity index (χ0n) is 41.6. The second kappa shape index (κ2) is 25.2. The number of nitrogens with zero attached hydrogens (tertiary/aromatic N) is 3. The van der Waals surface area contributed by atoms with Crippen molar-refractivity contribution in [1.82, 2.24) is 36.1 Å². The topological polar surface area (TPSA) is 190 Å². The third-order valence-electron chi connectivity index (χ3n) is 16.2. The predicted octanol–water partition coefficient (Wildman–Crippen LogP) is 4.99. The third kappa shape index (κ3) is 14.4. The molecule has 16 nitrogen and oxygen atoms in total. The number of methoxy groups -OCH3 is 1. The molecule has 0 spiro atoms. The van der Waals surface area contributed by atoms with Crippen LogP contribution in [0.1, 0.15) is 139 Å². The molecule has 4 N–H and O–H groups in total. The molecule has 6 aliphatic rings. The number of fused-ring (bicyclic) bond motifs is 1. The number of likely N-dealkylation sites (tertiary alicyclic amines) is 1. The molecule has 0 radical (unpaired) electrons. The highest BCUT2D eigenvalue weighted by Gasteiger charge is 2.48. The van der Waals surface area contributed by atoms with Gasteiger partial charge in [0.15, 0.2) is 0 Å². The molecule has 1 aromatic rings. The van der Waals surface area contributed by atoms with Crippen molar-refractivity contribution in [3.05, 3.63) is 29.1 Å². The molecule has 5 fully saturated rings. The number of unbranched alkanes of at least 4 members (excludes halogenated alkanes) is 1.